The highest BCUT2D eigenvalue weighted by atomic mass is 127. The number of hydrogen-bond acceptors (Lipinski definition) is 2. The minimum Gasteiger partial charge on any atom is -0.231 e. The first-order chi connectivity index (χ1) is 5.43. The van der Waals surface area contributed by atoms with Gasteiger partial charge >= 0.3 is 6.18 Å². The quantitative estimate of drug-likeness (QED) is 0.530. The Hall–Kier alpha value is 0.0800. The maximum absolute atomic E-state index is 12.1. The molecule has 2 nitrogen and oxygen atoms in total. The predicted molar refractivity (Wildman–Crippen MR) is 47.5 cm³/mol. The SMILES string of the molecule is FC(F)(F)c1ncnc(Br)c1I. The maximum Gasteiger partial charge on any atom is 0.434 e. The fourth-order valence-corrected chi connectivity index (χ4v) is 1.41. The van der Waals surface area contributed by atoms with E-state index in [9.17, 15) is 13.2 Å². The highest BCUT2D eigenvalue weighted by Crippen LogP contribution is 2.32. The van der Waals surface area contributed by atoms with E-state index in [4.69, 9.17) is 0 Å². The molecule has 1 aromatic heterocycles. The van der Waals surface area contributed by atoms with Crippen LogP contribution in [0.15, 0.2) is 10.9 Å². The van der Waals surface area contributed by atoms with Crippen LogP contribution in [-0.4, -0.2) is 9.97 Å². The molecule has 0 unspecified atom stereocenters. The number of rotatable bonds is 0. The van der Waals surface area contributed by atoms with Crippen LogP contribution in [0.3, 0.4) is 0 Å². The zero-order valence-corrected chi connectivity index (χ0v) is 9.11. The highest BCUT2D eigenvalue weighted by Gasteiger charge is 2.35. The Morgan fingerprint density at radius 1 is 1.33 bits per heavy atom. The van der Waals surface area contributed by atoms with Crippen LogP contribution in [0.2, 0.25) is 0 Å². The number of aromatic nitrogens is 2. The van der Waals surface area contributed by atoms with Gasteiger partial charge in [0, 0.05) is 0 Å². The standard InChI is InChI=1S/C5HBrF3IN2/c6-4-2(10)3(5(7,8)9)11-1-12-4/h1H. The molecule has 7 heteroatoms. The van der Waals surface area contributed by atoms with E-state index >= 15 is 0 Å². The summed E-state index contributed by atoms with van der Waals surface area (Å²) in [6.45, 7) is 0. The van der Waals surface area contributed by atoms with Crippen molar-refractivity contribution >= 4 is 38.5 Å². The molecule has 1 heterocycles. The second-order valence-corrected chi connectivity index (χ2v) is 3.65. The van der Waals surface area contributed by atoms with Gasteiger partial charge in [0.15, 0.2) is 5.69 Å². The smallest absolute Gasteiger partial charge is 0.231 e. The third-order valence-corrected chi connectivity index (χ3v) is 3.38. The Morgan fingerprint density at radius 3 is 2.33 bits per heavy atom. The number of nitrogens with zero attached hydrogens (tertiary/aromatic N) is 2. The summed E-state index contributed by atoms with van der Waals surface area (Å²) in [6.07, 6.45) is -3.54. The van der Waals surface area contributed by atoms with Gasteiger partial charge in [-0.25, -0.2) is 9.97 Å². The van der Waals surface area contributed by atoms with Crippen molar-refractivity contribution in [2.45, 2.75) is 6.18 Å². The van der Waals surface area contributed by atoms with Gasteiger partial charge in [0.25, 0.3) is 0 Å². The van der Waals surface area contributed by atoms with Crippen molar-refractivity contribution in [2.75, 3.05) is 0 Å². The van der Waals surface area contributed by atoms with Gasteiger partial charge in [-0.1, -0.05) is 0 Å². The monoisotopic (exact) mass is 352 g/mol. The summed E-state index contributed by atoms with van der Waals surface area (Å²) in [5.41, 5.74) is -0.912. The summed E-state index contributed by atoms with van der Waals surface area (Å²) < 4.78 is 36.5. The van der Waals surface area contributed by atoms with E-state index in [2.05, 4.69) is 25.9 Å². The molecule has 0 atom stereocenters. The molecule has 0 radical (unpaired) electrons. The first-order valence-electron chi connectivity index (χ1n) is 2.66. The van der Waals surface area contributed by atoms with Crippen molar-refractivity contribution in [3.8, 4) is 0 Å². The van der Waals surface area contributed by atoms with E-state index in [0.717, 1.165) is 6.33 Å². The summed E-state index contributed by atoms with van der Waals surface area (Å²) in [5.74, 6) is 0. The van der Waals surface area contributed by atoms with Crippen LogP contribution in [0.25, 0.3) is 0 Å². The lowest BCUT2D eigenvalue weighted by Gasteiger charge is -2.07. The zero-order valence-electron chi connectivity index (χ0n) is 5.36. The summed E-state index contributed by atoms with van der Waals surface area (Å²) >= 11 is 4.42. The van der Waals surface area contributed by atoms with Crippen molar-refractivity contribution in [3.63, 3.8) is 0 Å². The molecule has 1 rings (SSSR count). The highest BCUT2D eigenvalue weighted by molar-refractivity contribution is 14.1. The normalized spacial score (nSPS) is 11.8. The molecule has 0 amide bonds. The number of halogens is 5. The summed E-state index contributed by atoms with van der Waals surface area (Å²) in [7, 11) is 0. The molecular weight excluding hydrogens is 352 g/mol. The second-order valence-electron chi connectivity index (χ2n) is 1.82. The van der Waals surface area contributed by atoms with Crippen LogP contribution < -0.4 is 0 Å². The van der Waals surface area contributed by atoms with Crippen molar-refractivity contribution < 1.29 is 13.2 Å². The Morgan fingerprint density at radius 2 is 1.92 bits per heavy atom. The lowest BCUT2D eigenvalue weighted by Crippen LogP contribution is -2.11. The molecule has 0 aromatic carbocycles. The van der Waals surface area contributed by atoms with Crippen molar-refractivity contribution in [3.05, 3.63) is 20.2 Å². The minimum atomic E-state index is -4.41. The van der Waals surface area contributed by atoms with Gasteiger partial charge in [0.2, 0.25) is 0 Å². The van der Waals surface area contributed by atoms with Gasteiger partial charge in [0.1, 0.15) is 10.9 Å². The Kier molecular flexibility index (Phi) is 2.92. The average Bonchev–Trinajstić information content (AvgIpc) is 1.92. The maximum atomic E-state index is 12.1. The van der Waals surface area contributed by atoms with Crippen LogP contribution >= 0.6 is 38.5 Å². The van der Waals surface area contributed by atoms with Crippen LogP contribution in [-0.2, 0) is 6.18 Å². The van der Waals surface area contributed by atoms with Crippen LogP contribution in [0.4, 0.5) is 13.2 Å². The van der Waals surface area contributed by atoms with Crippen LogP contribution in [0, 0.1) is 3.57 Å². The molecule has 1 aromatic rings. The van der Waals surface area contributed by atoms with E-state index in [1.807, 2.05) is 0 Å². The molecule has 0 N–H and O–H groups in total. The second kappa shape index (κ2) is 3.44. The van der Waals surface area contributed by atoms with E-state index < -0.39 is 11.9 Å². The molecule has 12 heavy (non-hydrogen) atoms. The molecule has 0 aliphatic heterocycles. The Balaban J connectivity index is 3.26. The number of alkyl halides is 3. The van der Waals surface area contributed by atoms with E-state index in [1.165, 1.54) is 22.6 Å². The van der Waals surface area contributed by atoms with Crippen molar-refractivity contribution in [1.29, 1.82) is 0 Å². The van der Waals surface area contributed by atoms with Gasteiger partial charge < -0.3 is 0 Å². The minimum absolute atomic E-state index is 0.0254. The third-order valence-electron chi connectivity index (χ3n) is 1.02. The molecule has 66 valence electrons. The fraction of sp³-hybridized carbons (Fsp3) is 0.200. The van der Waals surface area contributed by atoms with Gasteiger partial charge in [0.05, 0.1) is 3.57 Å². The summed E-state index contributed by atoms with van der Waals surface area (Å²) in [4.78, 5) is 6.69. The first kappa shape index (κ1) is 10.2. The summed E-state index contributed by atoms with van der Waals surface area (Å²) in [6, 6.07) is 0. The lowest BCUT2D eigenvalue weighted by molar-refractivity contribution is -0.142. The van der Waals surface area contributed by atoms with Gasteiger partial charge in [-0.15, -0.1) is 0 Å². The van der Waals surface area contributed by atoms with Crippen LogP contribution in [0.1, 0.15) is 5.69 Å². The van der Waals surface area contributed by atoms with Gasteiger partial charge in [-0.3, -0.25) is 0 Å². The zero-order chi connectivity index (χ0) is 9.35. The molecule has 0 fully saturated rings. The molecule has 0 aliphatic rings. The largest absolute Gasteiger partial charge is 0.434 e. The van der Waals surface area contributed by atoms with Crippen molar-refractivity contribution in [1.82, 2.24) is 9.97 Å². The lowest BCUT2D eigenvalue weighted by atomic mass is 10.4. The molecule has 0 spiro atoms. The van der Waals surface area contributed by atoms with Gasteiger partial charge in [-0.2, -0.15) is 13.2 Å². The van der Waals surface area contributed by atoms with E-state index in [1.54, 1.807) is 0 Å². The predicted octanol–water partition coefficient (Wildman–Crippen LogP) is 2.86. The third kappa shape index (κ3) is 2.06. The average molecular weight is 353 g/mol. The Labute approximate surface area is 87.9 Å². The topological polar surface area (TPSA) is 25.8 Å². The molecular formula is C5HBrF3IN2. The summed E-state index contributed by atoms with van der Waals surface area (Å²) in [5, 5.41) is 0. The molecule has 0 bridgehead atoms. The molecule has 0 saturated carbocycles. The van der Waals surface area contributed by atoms with E-state index in [-0.39, 0.29) is 8.17 Å². The van der Waals surface area contributed by atoms with Crippen molar-refractivity contribution in [2.24, 2.45) is 0 Å². The molecule has 0 saturated heterocycles. The Bertz CT molecular complexity index is 301. The first-order valence-corrected chi connectivity index (χ1v) is 4.53. The molecule has 0 aliphatic carbocycles. The fourth-order valence-electron chi connectivity index (χ4n) is 0.546. The van der Waals surface area contributed by atoms with Crippen LogP contribution in [0.5, 0.6) is 0 Å². The van der Waals surface area contributed by atoms with E-state index in [0.29, 0.717) is 0 Å². The van der Waals surface area contributed by atoms with Gasteiger partial charge in [-0.05, 0) is 38.5 Å². The number of hydrogen-bond donors (Lipinski definition) is 0.